The van der Waals surface area contributed by atoms with E-state index in [4.69, 9.17) is 14.2 Å². The number of para-hydroxylation sites is 1. The van der Waals surface area contributed by atoms with Gasteiger partial charge in [0.2, 0.25) is 0 Å². The monoisotopic (exact) mass is 937 g/mol. The molecule has 19 heteroatoms. The van der Waals surface area contributed by atoms with Gasteiger partial charge in [-0.3, -0.25) is 4.55 Å². The number of nitrogens with one attached hydrogen (secondary N) is 1. The normalized spacial score (nSPS) is 12.0. The molecule has 7 aromatic rings. The molecule has 18 nitrogen and oxygen atoms in total. The second-order valence-electron chi connectivity index (χ2n) is 15.0. The fraction of sp³-hybridized carbons (Fsp3) is 0.184. The van der Waals surface area contributed by atoms with E-state index in [1.807, 2.05) is 55.5 Å². The van der Waals surface area contributed by atoms with Crippen LogP contribution in [0.2, 0.25) is 0 Å². The van der Waals surface area contributed by atoms with Crippen molar-refractivity contribution in [1.29, 1.82) is 0 Å². The Morgan fingerprint density at radius 3 is 1.71 bits per heavy atom. The number of aliphatic hydroxyl groups excluding tert-OH is 2. The molecule has 5 N–H and O–H groups in total. The van der Waals surface area contributed by atoms with Crippen LogP contribution in [0.1, 0.15) is 36.5 Å². The number of fused-ring (bicyclic) bond motifs is 1. The average Bonchev–Trinajstić information content (AvgIpc) is 3.34. The molecule has 348 valence electrons. The molecule has 0 heterocycles. The summed E-state index contributed by atoms with van der Waals surface area (Å²) in [7, 11) is -1.66. The summed E-state index contributed by atoms with van der Waals surface area (Å²) in [6, 6.07) is 34.0. The number of rotatable bonds is 19. The standard InChI is InChI=1S/C49H47N9O9S/c1-5-6-20-67-47-25-39(30(2)21-42(47)56-51-37-14-10-11-15-48(37)68(62,63)64)53-54-40-26-46(66-4)44(24-32(40)28-59)58-55-41-27-45(65-3)43(23-33(41)29-60)57-52-38-19-16-31-22-35(17-18-36(31)49(38)61)50-34-12-8-7-9-13-34/h7-19,21-27,50,59-61H,5-6,20,28-29H2,1-4H3,(H,62,63,64). The highest BCUT2D eigenvalue weighted by Gasteiger charge is 2.17. The predicted octanol–water partition coefficient (Wildman–Crippen LogP) is 13.7. The van der Waals surface area contributed by atoms with Gasteiger partial charge in [0, 0.05) is 46.1 Å². The summed E-state index contributed by atoms with van der Waals surface area (Å²) in [6.45, 7) is 3.27. The van der Waals surface area contributed by atoms with Gasteiger partial charge in [-0.05, 0) is 91.0 Å². The highest BCUT2D eigenvalue weighted by Crippen LogP contribution is 2.43. The van der Waals surface area contributed by atoms with Crippen LogP contribution in [0, 0.1) is 6.92 Å². The average molecular weight is 938 g/mol. The lowest BCUT2D eigenvalue weighted by Crippen LogP contribution is -1.98. The first-order valence-corrected chi connectivity index (χ1v) is 22.6. The topological polar surface area (TPSA) is 254 Å². The van der Waals surface area contributed by atoms with Gasteiger partial charge in [0.15, 0.2) is 5.75 Å². The summed E-state index contributed by atoms with van der Waals surface area (Å²) in [5.74, 6) is 0.781. The number of methoxy groups -OCH3 is 2. The minimum absolute atomic E-state index is 0.0515. The van der Waals surface area contributed by atoms with E-state index in [1.165, 1.54) is 32.4 Å². The van der Waals surface area contributed by atoms with Crippen LogP contribution in [0.25, 0.3) is 10.8 Å². The molecule has 0 bridgehead atoms. The molecular formula is C49H47N9O9S. The van der Waals surface area contributed by atoms with Crippen LogP contribution in [0.5, 0.6) is 23.0 Å². The Labute approximate surface area is 391 Å². The molecule has 68 heavy (non-hydrogen) atoms. The molecule has 7 rings (SSSR count). The molecule has 0 saturated heterocycles. The Kier molecular flexibility index (Phi) is 15.5. The quantitative estimate of drug-likeness (QED) is 0.0291. The van der Waals surface area contributed by atoms with E-state index in [-0.39, 0.29) is 51.4 Å². The molecule has 0 amide bonds. The van der Waals surface area contributed by atoms with Crippen LogP contribution >= 0.6 is 0 Å². The zero-order valence-electron chi connectivity index (χ0n) is 37.4. The van der Waals surface area contributed by atoms with Crippen molar-refractivity contribution in [3.8, 4) is 23.0 Å². The smallest absolute Gasteiger partial charge is 0.296 e. The summed E-state index contributed by atoms with van der Waals surface area (Å²) in [4.78, 5) is -0.390. The summed E-state index contributed by atoms with van der Waals surface area (Å²) in [6.07, 6.45) is 1.61. The number of aromatic hydroxyl groups is 1. The third kappa shape index (κ3) is 11.5. The van der Waals surface area contributed by atoms with Crippen LogP contribution in [0.3, 0.4) is 0 Å². The number of phenolic OH excluding ortho intramolecular Hbond substituents is 1. The van der Waals surface area contributed by atoms with E-state index in [9.17, 15) is 28.3 Å². The van der Waals surface area contributed by atoms with Crippen LogP contribution in [0.15, 0.2) is 167 Å². The van der Waals surface area contributed by atoms with E-state index in [2.05, 4.69) is 46.2 Å². The summed E-state index contributed by atoms with van der Waals surface area (Å²) < 4.78 is 50.8. The van der Waals surface area contributed by atoms with Crippen LogP contribution < -0.4 is 19.5 Å². The van der Waals surface area contributed by atoms with Crippen molar-refractivity contribution in [1.82, 2.24) is 0 Å². The van der Waals surface area contributed by atoms with Gasteiger partial charge in [-0.15, -0.1) is 30.7 Å². The van der Waals surface area contributed by atoms with Gasteiger partial charge in [-0.2, -0.15) is 18.6 Å². The largest absolute Gasteiger partial charge is 0.505 e. The maximum atomic E-state index is 11.9. The van der Waals surface area contributed by atoms with E-state index in [0.717, 1.165) is 29.6 Å². The number of aryl methyl sites for hydroxylation is 1. The minimum Gasteiger partial charge on any atom is -0.505 e. The summed E-state index contributed by atoms with van der Waals surface area (Å²) >= 11 is 0. The Bertz CT molecular complexity index is 3180. The van der Waals surface area contributed by atoms with Crippen LogP contribution in [-0.4, -0.2) is 49.1 Å². The zero-order chi connectivity index (χ0) is 48.2. The van der Waals surface area contributed by atoms with E-state index in [0.29, 0.717) is 45.8 Å². The fourth-order valence-corrected chi connectivity index (χ4v) is 7.38. The predicted molar refractivity (Wildman–Crippen MR) is 258 cm³/mol. The second-order valence-corrected chi connectivity index (χ2v) is 16.4. The molecule has 0 aromatic heterocycles. The van der Waals surface area contributed by atoms with Gasteiger partial charge in [0.05, 0.1) is 51.1 Å². The van der Waals surface area contributed by atoms with Gasteiger partial charge in [0.1, 0.15) is 50.6 Å². The van der Waals surface area contributed by atoms with Crippen molar-refractivity contribution in [2.24, 2.45) is 40.9 Å². The second kappa shape index (κ2) is 22.0. The SMILES string of the molecule is CCCCOc1cc(N=Nc2cc(OC)c(N=Nc3cc(OC)c(N=Nc4ccc5cc(Nc6ccccc6)ccc5c4O)cc3CO)cc2CO)c(C)cc1N=Nc1ccccc1S(=O)(=O)O. The van der Waals surface area contributed by atoms with Crippen molar-refractivity contribution in [3.05, 3.63) is 138 Å². The first-order chi connectivity index (χ1) is 32.9. The molecule has 0 saturated carbocycles. The molecule has 0 radical (unpaired) electrons. The molecule has 0 atom stereocenters. The zero-order valence-corrected chi connectivity index (χ0v) is 38.2. The van der Waals surface area contributed by atoms with Crippen molar-refractivity contribution < 1.29 is 42.5 Å². The molecule has 0 spiro atoms. The van der Waals surface area contributed by atoms with Gasteiger partial charge in [-0.1, -0.05) is 49.7 Å². The number of unbranched alkanes of at least 4 members (excludes halogenated alkanes) is 1. The highest BCUT2D eigenvalue weighted by molar-refractivity contribution is 7.86. The van der Waals surface area contributed by atoms with Gasteiger partial charge < -0.3 is 34.8 Å². The number of phenols is 1. The Morgan fingerprint density at radius 1 is 0.559 bits per heavy atom. The Morgan fingerprint density at radius 2 is 1.10 bits per heavy atom. The lowest BCUT2D eigenvalue weighted by molar-refractivity contribution is 0.282. The number of anilines is 2. The molecule has 0 aliphatic carbocycles. The maximum Gasteiger partial charge on any atom is 0.296 e. The molecule has 0 unspecified atom stereocenters. The summed E-state index contributed by atoms with van der Waals surface area (Å²) in [5, 5.41) is 71.4. The third-order valence-corrected chi connectivity index (χ3v) is 11.3. The Balaban J connectivity index is 1.12. The molecule has 0 fully saturated rings. The minimum atomic E-state index is -4.55. The molecule has 0 aliphatic heterocycles. The number of ether oxygens (including phenoxy) is 3. The van der Waals surface area contributed by atoms with Gasteiger partial charge in [-0.25, -0.2) is 0 Å². The first kappa shape index (κ1) is 48.0. The number of aliphatic hydroxyl groups is 2. The number of benzene rings is 7. The van der Waals surface area contributed by atoms with Crippen molar-refractivity contribution in [3.63, 3.8) is 0 Å². The van der Waals surface area contributed by atoms with Gasteiger partial charge in [0.25, 0.3) is 10.1 Å². The number of hydrogen-bond acceptors (Lipinski definition) is 17. The maximum absolute atomic E-state index is 11.9. The van der Waals surface area contributed by atoms with Crippen LogP contribution in [0.4, 0.5) is 56.9 Å². The number of hydrogen-bond donors (Lipinski definition) is 5. The molecular weight excluding hydrogens is 891 g/mol. The lowest BCUT2D eigenvalue weighted by Gasteiger charge is -2.11. The molecule has 0 aliphatic rings. The molecule has 7 aromatic carbocycles. The number of nitrogens with zero attached hydrogens (tertiary/aromatic N) is 8. The fourth-order valence-electron chi connectivity index (χ4n) is 6.75. The van der Waals surface area contributed by atoms with Crippen molar-refractivity contribution >= 4 is 77.8 Å². The van der Waals surface area contributed by atoms with Crippen molar-refractivity contribution in [2.75, 3.05) is 26.1 Å². The Hall–Kier alpha value is -7.97. The number of azo groups is 4. The van der Waals surface area contributed by atoms with E-state index >= 15 is 0 Å². The van der Waals surface area contributed by atoms with Crippen LogP contribution in [-0.2, 0) is 23.3 Å². The van der Waals surface area contributed by atoms with E-state index < -0.39 is 28.2 Å². The lowest BCUT2D eigenvalue weighted by atomic mass is 10.1. The van der Waals surface area contributed by atoms with E-state index in [1.54, 1.807) is 61.5 Å². The van der Waals surface area contributed by atoms with Gasteiger partial charge >= 0.3 is 0 Å². The highest BCUT2D eigenvalue weighted by atomic mass is 32.2. The summed E-state index contributed by atoms with van der Waals surface area (Å²) in [5.41, 5.74) is 5.03. The third-order valence-electron chi connectivity index (χ3n) is 10.4. The van der Waals surface area contributed by atoms with Crippen molar-refractivity contribution in [2.45, 2.75) is 44.8 Å². The first-order valence-electron chi connectivity index (χ1n) is 21.1.